The van der Waals surface area contributed by atoms with E-state index in [9.17, 15) is 5.11 Å². The quantitative estimate of drug-likeness (QED) is 0.782. The topological polar surface area (TPSA) is 23.5 Å². The fraction of sp³-hybridized carbons (Fsp3) is 0.882. The number of nitrogens with zero attached hydrogens (tertiary/aromatic N) is 1. The molecule has 1 unspecified atom stereocenters. The van der Waals surface area contributed by atoms with Crippen molar-refractivity contribution in [2.24, 2.45) is 0 Å². The highest BCUT2D eigenvalue weighted by atomic mass is 16.3. The number of allylic oxidation sites excluding steroid dienone is 1. The fourth-order valence-electron chi connectivity index (χ4n) is 3.65. The lowest BCUT2D eigenvalue weighted by molar-refractivity contribution is 0.0578. The van der Waals surface area contributed by atoms with Crippen LogP contribution < -0.4 is 0 Å². The molecule has 2 aliphatic rings. The van der Waals surface area contributed by atoms with E-state index in [1.165, 1.54) is 57.2 Å². The van der Waals surface area contributed by atoms with Gasteiger partial charge in [0.25, 0.3) is 0 Å². The van der Waals surface area contributed by atoms with E-state index in [4.69, 9.17) is 0 Å². The monoisotopic (exact) mass is 265 g/mol. The van der Waals surface area contributed by atoms with Gasteiger partial charge >= 0.3 is 0 Å². The number of likely N-dealkylation sites (tertiary alicyclic amines) is 1. The Morgan fingerprint density at radius 2 is 1.95 bits per heavy atom. The summed E-state index contributed by atoms with van der Waals surface area (Å²) in [6.45, 7) is 5.68. The third kappa shape index (κ3) is 4.32. The minimum Gasteiger partial charge on any atom is -0.385 e. The van der Waals surface area contributed by atoms with Gasteiger partial charge in [0.05, 0.1) is 5.60 Å². The van der Waals surface area contributed by atoms with Crippen molar-refractivity contribution in [2.45, 2.75) is 76.7 Å². The second-order valence-electron chi connectivity index (χ2n) is 6.41. The predicted octanol–water partition coefficient (Wildman–Crippen LogP) is 3.89. The van der Waals surface area contributed by atoms with Crippen molar-refractivity contribution in [2.75, 3.05) is 19.6 Å². The Balaban J connectivity index is 1.99. The molecule has 0 aromatic carbocycles. The molecule has 1 N–H and O–H groups in total. The number of hydrogen-bond donors (Lipinski definition) is 1. The largest absolute Gasteiger partial charge is 0.385 e. The van der Waals surface area contributed by atoms with Gasteiger partial charge < -0.3 is 10.0 Å². The Hall–Kier alpha value is -0.340. The van der Waals surface area contributed by atoms with E-state index < -0.39 is 5.60 Å². The molecular weight excluding hydrogens is 234 g/mol. The lowest BCUT2D eigenvalue weighted by Crippen LogP contribution is -2.33. The summed E-state index contributed by atoms with van der Waals surface area (Å²) in [6.07, 6.45) is 14.2. The second kappa shape index (κ2) is 7.44. The van der Waals surface area contributed by atoms with Crippen LogP contribution >= 0.6 is 0 Å². The molecule has 0 amide bonds. The van der Waals surface area contributed by atoms with E-state index in [0.717, 1.165) is 32.2 Å². The molecule has 0 aromatic rings. The molecule has 0 saturated carbocycles. The van der Waals surface area contributed by atoms with Crippen LogP contribution in [0, 0.1) is 0 Å². The van der Waals surface area contributed by atoms with Gasteiger partial charge in [-0.05, 0) is 70.0 Å². The summed E-state index contributed by atoms with van der Waals surface area (Å²) in [6, 6.07) is 0. The lowest BCUT2D eigenvalue weighted by Gasteiger charge is -2.31. The van der Waals surface area contributed by atoms with Gasteiger partial charge in [0.2, 0.25) is 0 Å². The van der Waals surface area contributed by atoms with Gasteiger partial charge in [0.1, 0.15) is 0 Å². The van der Waals surface area contributed by atoms with Crippen LogP contribution in [-0.4, -0.2) is 35.2 Å². The third-order valence-electron chi connectivity index (χ3n) is 4.83. The van der Waals surface area contributed by atoms with Gasteiger partial charge in [0, 0.05) is 6.54 Å². The highest BCUT2D eigenvalue weighted by Crippen LogP contribution is 2.34. The van der Waals surface area contributed by atoms with Gasteiger partial charge in [-0.3, -0.25) is 0 Å². The summed E-state index contributed by atoms with van der Waals surface area (Å²) < 4.78 is 0. The normalized spacial score (nSPS) is 31.2. The smallest absolute Gasteiger partial charge is 0.0869 e. The standard InChI is InChI=1S/C17H31NO/c1-2-13-18-14-8-11-17(19,12-15-18)16-9-6-4-3-5-7-10-16/h9,19H,2-8,10-15H2,1H3. The average Bonchev–Trinajstić information content (AvgIpc) is 2.53. The van der Waals surface area contributed by atoms with Gasteiger partial charge in [-0.25, -0.2) is 0 Å². The van der Waals surface area contributed by atoms with Crippen LogP contribution in [0.2, 0.25) is 0 Å². The van der Waals surface area contributed by atoms with E-state index in [-0.39, 0.29) is 0 Å². The zero-order chi connectivity index (χ0) is 13.6. The number of hydrogen-bond acceptors (Lipinski definition) is 2. The molecule has 1 fully saturated rings. The Bertz CT molecular complexity index is 300. The molecule has 2 rings (SSSR count). The van der Waals surface area contributed by atoms with Crippen LogP contribution in [0.1, 0.15) is 71.1 Å². The van der Waals surface area contributed by atoms with Crippen molar-refractivity contribution < 1.29 is 5.11 Å². The molecule has 0 spiro atoms. The number of rotatable bonds is 3. The maximum Gasteiger partial charge on any atom is 0.0869 e. The summed E-state index contributed by atoms with van der Waals surface area (Å²) in [5.41, 5.74) is 0.880. The molecule has 19 heavy (non-hydrogen) atoms. The van der Waals surface area contributed by atoms with Crippen molar-refractivity contribution in [3.63, 3.8) is 0 Å². The Kier molecular flexibility index (Phi) is 5.90. The minimum atomic E-state index is -0.486. The van der Waals surface area contributed by atoms with Crippen LogP contribution in [0.4, 0.5) is 0 Å². The molecule has 1 atom stereocenters. The zero-order valence-electron chi connectivity index (χ0n) is 12.7. The van der Waals surface area contributed by atoms with Gasteiger partial charge in [0.15, 0.2) is 0 Å². The van der Waals surface area contributed by atoms with Crippen LogP contribution in [-0.2, 0) is 0 Å². The lowest BCUT2D eigenvalue weighted by atomic mass is 9.82. The molecular formula is C17H31NO. The third-order valence-corrected chi connectivity index (χ3v) is 4.83. The summed E-state index contributed by atoms with van der Waals surface area (Å²) >= 11 is 0. The average molecular weight is 265 g/mol. The molecule has 1 aliphatic heterocycles. The Labute approximate surface area is 118 Å². The molecule has 110 valence electrons. The minimum absolute atomic E-state index is 0.486. The molecule has 1 aliphatic carbocycles. The maximum atomic E-state index is 11.1. The van der Waals surface area contributed by atoms with E-state index in [1.54, 1.807) is 0 Å². The molecule has 0 aromatic heterocycles. The van der Waals surface area contributed by atoms with Crippen molar-refractivity contribution in [1.82, 2.24) is 4.90 Å². The summed E-state index contributed by atoms with van der Waals surface area (Å²) in [5.74, 6) is 0. The van der Waals surface area contributed by atoms with Crippen LogP contribution in [0.5, 0.6) is 0 Å². The van der Waals surface area contributed by atoms with Crippen molar-refractivity contribution in [3.8, 4) is 0 Å². The van der Waals surface area contributed by atoms with Crippen LogP contribution in [0.3, 0.4) is 0 Å². The van der Waals surface area contributed by atoms with E-state index in [2.05, 4.69) is 17.9 Å². The van der Waals surface area contributed by atoms with E-state index in [0.29, 0.717) is 0 Å². The molecule has 1 heterocycles. The van der Waals surface area contributed by atoms with Gasteiger partial charge in [-0.2, -0.15) is 0 Å². The summed E-state index contributed by atoms with van der Waals surface area (Å²) in [4.78, 5) is 2.53. The van der Waals surface area contributed by atoms with Crippen molar-refractivity contribution in [3.05, 3.63) is 11.6 Å². The molecule has 0 radical (unpaired) electrons. The van der Waals surface area contributed by atoms with Crippen LogP contribution in [0.25, 0.3) is 0 Å². The first-order valence-corrected chi connectivity index (χ1v) is 8.39. The Morgan fingerprint density at radius 1 is 1.11 bits per heavy atom. The van der Waals surface area contributed by atoms with Gasteiger partial charge in [-0.15, -0.1) is 0 Å². The van der Waals surface area contributed by atoms with Gasteiger partial charge in [-0.1, -0.05) is 25.8 Å². The van der Waals surface area contributed by atoms with Crippen molar-refractivity contribution in [1.29, 1.82) is 0 Å². The first-order chi connectivity index (χ1) is 9.24. The highest BCUT2D eigenvalue weighted by Gasteiger charge is 2.33. The highest BCUT2D eigenvalue weighted by molar-refractivity contribution is 5.18. The zero-order valence-corrected chi connectivity index (χ0v) is 12.7. The number of aliphatic hydroxyl groups is 1. The fourth-order valence-corrected chi connectivity index (χ4v) is 3.65. The molecule has 0 bridgehead atoms. The molecule has 1 saturated heterocycles. The first-order valence-electron chi connectivity index (χ1n) is 8.39. The first kappa shape index (κ1) is 15.1. The molecule has 2 heteroatoms. The maximum absolute atomic E-state index is 11.1. The second-order valence-corrected chi connectivity index (χ2v) is 6.41. The SMILES string of the molecule is CCCN1CCCC(O)(C2=CCCCCCC2)CC1. The Morgan fingerprint density at radius 3 is 2.79 bits per heavy atom. The predicted molar refractivity (Wildman–Crippen MR) is 81.3 cm³/mol. The van der Waals surface area contributed by atoms with Crippen LogP contribution in [0.15, 0.2) is 11.6 Å². The van der Waals surface area contributed by atoms with Crippen molar-refractivity contribution >= 4 is 0 Å². The summed E-state index contributed by atoms with van der Waals surface area (Å²) in [5, 5.41) is 11.1. The van der Waals surface area contributed by atoms with E-state index >= 15 is 0 Å². The summed E-state index contributed by atoms with van der Waals surface area (Å²) in [7, 11) is 0. The molecule has 2 nitrogen and oxygen atoms in total. The van der Waals surface area contributed by atoms with E-state index in [1.807, 2.05) is 0 Å².